The highest BCUT2D eigenvalue weighted by Crippen LogP contribution is 2.56. The molecule has 5 aromatic carbocycles. The molecule has 2 aliphatic carbocycles. The first-order chi connectivity index (χ1) is 20.3. The Morgan fingerprint density at radius 3 is 1.88 bits per heavy atom. The molecule has 7 rings (SSSR count). The van der Waals surface area contributed by atoms with Crippen molar-refractivity contribution in [2.45, 2.75) is 44.9 Å². The Morgan fingerprint density at radius 2 is 1.21 bits per heavy atom. The van der Waals surface area contributed by atoms with Gasteiger partial charge >= 0.3 is 0 Å². The van der Waals surface area contributed by atoms with E-state index in [2.05, 4.69) is 167 Å². The zero-order valence-electron chi connectivity index (χ0n) is 25.0. The van der Waals surface area contributed by atoms with Crippen LogP contribution in [0.1, 0.15) is 56.4 Å². The minimum Gasteiger partial charge on any atom is -0.310 e. The van der Waals surface area contributed by atoms with Crippen LogP contribution in [0.2, 0.25) is 0 Å². The lowest BCUT2D eigenvalue weighted by Gasteiger charge is -2.30. The molecule has 0 bridgehead atoms. The lowest BCUT2D eigenvalue weighted by atomic mass is 9.74. The molecule has 42 heavy (non-hydrogen) atoms. The van der Waals surface area contributed by atoms with Crippen molar-refractivity contribution in [3.8, 4) is 11.1 Å². The van der Waals surface area contributed by atoms with Gasteiger partial charge in [-0.15, -0.1) is 0 Å². The van der Waals surface area contributed by atoms with E-state index in [4.69, 9.17) is 0 Å². The molecule has 0 N–H and O–H groups in total. The van der Waals surface area contributed by atoms with Crippen molar-refractivity contribution in [2.75, 3.05) is 4.90 Å². The molecular weight excluding hydrogens is 506 g/mol. The summed E-state index contributed by atoms with van der Waals surface area (Å²) < 4.78 is 0. The molecule has 0 saturated carbocycles. The molecule has 0 aromatic heterocycles. The zero-order valence-corrected chi connectivity index (χ0v) is 25.0. The van der Waals surface area contributed by atoms with Crippen LogP contribution in [0.5, 0.6) is 0 Å². The summed E-state index contributed by atoms with van der Waals surface area (Å²) in [7, 11) is 0. The summed E-state index contributed by atoms with van der Waals surface area (Å²) in [5, 5.41) is 2.55. The molecular formula is C41H37N. The SMILES string of the molecule is C=C1C=CC=CCC(C)(C)c2cc3c(cc21)C(C)(C)c1cc(N(c2ccccc2)c2ccccc2)c2ccccc2c1-3. The predicted molar refractivity (Wildman–Crippen MR) is 181 cm³/mol. The first-order valence-electron chi connectivity index (χ1n) is 15.0. The molecule has 0 spiro atoms. The van der Waals surface area contributed by atoms with Crippen LogP contribution < -0.4 is 4.90 Å². The summed E-state index contributed by atoms with van der Waals surface area (Å²) in [4.78, 5) is 2.41. The molecule has 0 radical (unpaired) electrons. The van der Waals surface area contributed by atoms with Gasteiger partial charge in [-0.2, -0.15) is 0 Å². The second-order valence-corrected chi connectivity index (χ2v) is 12.8. The fourth-order valence-electron chi connectivity index (χ4n) is 7.01. The monoisotopic (exact) mass is 543 g/mol. The van der Waals surface area contributed by atoms with Gasteiger partial charge in [0.15, 0.2) is 0 Å². The number of nitrogens with zero attached hydrogens (tertiary/aromatic N) is 1. The van der Waals surface area contributed by atoms with Crippen LogP contribution in [-0.4, -0.2) is 0 Å². The quantitative estimate of drug-likeness (QED) is 0.219. The van der Waals surface area contributed by atoms with E-state index in [0.29, 0.717) is 0 Å². The Labute approximate surface area is 250 Å². The minimum absolute atomic E-state index is 0.0180. The summed E-state index contributed by atoms with van der Waals surface area (Å²) in [6, 6.07) is 37.8. The maximum absolute atomic E-state index is 4.51. The first-order valence-corrected chi connectivity index (χ1v) is 15.0. The van der Waals surface area contributed by atoms with Gasteiger partial charge in [0, 0.05) is 22.2 Å². The molecule has 0 heterocycles. The van der Waals surface area contributed by atoms with E-state index in [9.17, 15) is 0 Å². The highest BCUT2D eigenvalue weighted by atomic mass is 15.1. The van der Waals surface area contributed by atoms with E-state index in [1.165, 1.54) is 49.8 Å². The van der Waals surface area contributed by atoms with Crippen LogP contribution in [0.25, 0.3) is 27.5 Å². The van der Waals surface area contributed by atoms with E-state index in [0.717, 1.165) is 23.4 Å². The van der Waals surface area contributed by atoms with Gasteiger partial charge in [0.25, 0.3) is 0 Å². The van der Waals surface area contributed by atoms with Gasteiger partial charge < -0.3 is 4.90 Å². The molecule has 0 fully saturated rings. The van der Waals surface area contributed by atoms with Crippen LogP contribution in [-0.2, 0) is 10.8 Å². The molecule has 1 nitrogen and oxygen atoms in total. The average Bonchev–Trinajstić information content (AvgIpc) is 3.25. The average molecular weight is 544 g/mol. The number of para-hydroxylation sites is 2. The highest BCUT2D eigenvalue weighted by molar-refractivity contribution is 6.10. The Bertz CT molecular complexity index is 1860. The Hall–Kier alpha value is -4.62. The van der Waals surface area contributed by atoms with Crippen molar-refractivity contribution in [3.63, 3.8) is 0 Å². The smallest absolute Gasteiger partial charge is 0.0543 e. The fourth-order valence-corrected chi connectivity index (χ4v) is 7.01. The van der Waals surface area contributed by atoms with Crippen LogP contribution >= 0.6 is 0 Å². The number of fused-ring (bicyclic) bond motifs is 6. The summed E-state index contributed by atoms with van der Waals surface area (Å²) >= 11 is 0. The Morgan fingerprint density at radius 1 is 0.619 bits per heavy atom. The molecule has 0 aliphatic heterocycles. The number of rotatable bonds is 3. The number of benzene rings is 5. The van der Waals surface area contributed by atoms with Crippen molar-refractivity contribution >= 4 is 33.4 Å². The second-order valence-electron chi connectivity index (χ2n) is 12.8. The Kier molecular flexibility index (Phi) is 6.10. The number of allylic oxidation sites excluding steroid dienone is 5. The summed E-state index contributed by atoms with van der Waals surface area (Å²) in [6.45, 7) is 14.0. The Balaban J connectivity index is 1.54. The second kappa shape index (κ2) is 9.74. The van der Waals surface area contributed by atoms with Crippen molar-refractivity contribution in [2.24, 2.45) is 0 Å². The topological polar surface area (TPSA) is 3.24 Å². The molecule has 5 aromatic rings. The van der Waals surface area contributed by atoms with Crippen molar-refractivity contribution in [1.82, 2.24) is 0 Å². The van der Waals surface area contributed by atoms with Gasteiger partial charge in [-0.05, 0) is 98.6 Å². The molecule has 0 atom stereocenters. The van der Waals surface area contributed by atoms with Crippen molar-refractivity contribution in [3.05, 3.63) is 156 Å². The minimum atomic E-state index is -0.178. The summed E-state index contributed by atoms with van der Waals surface area (Å²) in [5.74, 6) is 0. The van der Waals surface area contributed by atoms with Crippen molar-refractivity contribution < 1.29 is 0 Å². The van der Waals surface area contributed by atoms with E-state index >= 15 is 0 Å². The predicted octanol–water partition coefficient (Wildman–Crippen LogP) is 11.4. The lowest BCUT2D eigenvalue weighted by Crippen LogP contribution is -2.20. The molecule has 206 valence electrons. The third kappa shape index (κ3) is 4.07. The molecule has 0 unspecified atom stereocenters. The maximum Gasteiger partial charge on any atom is 0.0543 e. The van der Waals surface area contributed by atoms with Gasteiger partial charge in [0.05, 0.1) is 5.69 Å². The van der Waals surface area contributed by atoms with E-state index in [1.54, 1.807) is 0 Å². The highest BCUT2D eigenvalue weighted by Gasteiger charge is 2.40. The third-order valence-corrected chi connectivity index (χ3v) is 9.31. The molecule has 0 saturated heterocycles. The third-order valence-electron chi connectivity index (χ3n) is 9.31. The van der Waals surface area contributed by atoms with Crippen LogP contribution in [0.3, 0.4) is 0 Å². The molecule has 2 aliphatic rings. The zero-order chi connectivity index (χ0) is 29.1. The van der Waals surface area contributed by atoms with Gasteiger partial charge in [-0.25, -0.2) is 0 Å². The summed E-state index contributed by atoms with van der Waals surface area (Å²) in [6.07, 6.45) is 9.71. The first kappa shape index (κ1) is 26.3. The largest absolute Gasteiger partial charge is 0.310 e. The van der Waals surface area contributed by atoms with E-state index in [1.807, 2.05) is 0 Å². The van der Waals surface area contributed by atoms with Gasteiger partial charge in [-0.1, -0.05) is 119 Å². The normalized spacial score (nSPS) is 16.2. The fraction of sp³-hybridized carbons (Fsp3) is 0.171. The number of anilines is 3. The van der Waals surface area contributed by atoms with E-state index < -0.39 is 0 Å². The number of hydrogen-bond acceptors (Lipinski definition) is 1. The maximum atomic E-state index is 4.51. The van der Waals surface area contributed by atoms with Gasteiger partial charge in [-0.3, -0.25) is 0 Å². The standard InChI is InChI=1S/C41H37N/c1-28-17-9-8-16-24-40(2,3)35-26-34-36(25-33(28)35)41(4,5)37-27-38(31-22-14-15-23-32(31)39(34)37)42(29-18-10-6-11-19-29)30-20-12-7-13-21-30/h6-23,25-27H,1,24H2,2-5H3. The van der Waals surface area contributed by atoms with Gasteiger partial charge in [0.2, 0.25) is 0 Å². The van der Waals surface area contributed by atoms with Crippen LogP contribution in [0, 0.1) is 0 Å². The van der Waals surface area contributed by atoms with Gasteiger partial charge in [0.1, 0.15) is 0 Å². The molecule has 1 heteroatoms. The summed E-state index contributed by atoms with van der Waals surface area (Å²) in [5.41, 5.74) is 12.5. The number of hydrogen-bond donors (Lipinski definition) is 0. The van der Waals surface area contributed by atoms with Crippen LogP contribution in [0.4, 0.5) is 17.1 Å². The van der Waals surface area contributed by atoms with Crippen LogP contribution in [0.15, 0.2) is 134 Å². The lowest BCUT2D eigenvalue weighted by molar-refractivity contribution is 0.532. The molecule has 0 amide bonds. The van der Waals surface area contributed by atoms with E-state index in [-0.39, 0.29) is 10.8 Å². The van der Waals surface area contributed by atoms with Crippen molar-refractivity contribution in [1.29, 1.82) is 0 Å².